The number of hydrogen-bond donors (Lipinski definition) is 1. The highest BCUT2D eigenvalue weighted by Gasteiger charge is 2.18. The molecule has 2 aromatic carbocycles. The highest BCUT2D eigenvalue weighted by atomic mass is 16.5. The molecule has 35 heavy (non-hydrogen) atoms. The van der Waals surface area contributed by atoms with E-state index in [1.54, 1.807) is 10.8 Å². The van der Waals surface area contributed by atoms with E-state index in [2.05, 4.69) is 22.4 Å². The van der Waals surface area contributed by atoms with Gasteiger partial charge in [0.1, 0.15) is 6.26 Å². The number of piperidine rings is 1. The number of nitrogens with zero attached hydrogens (tertiary/aromatic N) is 3. The van der Waals surface area contributed by atoms with Gasteiger partial charge >= 0.3 is 0 Å². The van der Waals surface area contributed by atoms with Crippen LogP contribution in [0.15, 0.2) is 70.3 Å². The fourth-order valence-electron chi connectivity index (χ4n) is 4.76. The third kappa shape index (κ3) is 5.05. The third-order valence-electron chi connectivity index (χ3n) is 6.97. The van der Waals surface area contributed by atoms with Gasteiger partial charge in [0.05, 0.1) is 12.2 Å². The molecule has 0 unspecified atom stereocenters. The van der Waals surface area contributed by atoms with Crippen molar-refractivity contribution in [1.82, 2.24) is 19.9 Å². The van der Waals surface area contributed by atoms with E-state index in [9.17, 15) is 9.59 Å². The van der Waals surface area contributed by atoms with Gasteiger partial charge < -0.3 is 19.3 Å². The average Bonchev–Trinajstić information content (AvgIpc) is 3.31. The zero-order valence-electron chi connectivity index (χ0n) is 20.2. The van der Waals surface area contributed by atoms with Gasteiger partial charge in [-0.3, -0.25) is 9.59 Å². The fraction of sp³-hybridized carbons (Fsp3) is 0.321. The highest BCUT2D eigenvalue weighted by Crippen LogP contribution is 2.25. The number of nitrogens with one attached hydrogen (secondary N) is 1. The van der Waals surface area contributed by atoms with Crippen LogP contribution in [-0.4, -0.2) is 47.2 Å². The maximum absolute atomic E-state index is 13.2. The summed E-state index contributed by atoms with van der Waals surface area (Å²) < 4.78 is 6.73. The van der Waals surface area contributed by atoms with Crippen molar-refractivity contribution in [3.8, 4) is 11.1 Å². The summed E-state index contributed by atoms with van der Waals surface area (Å²) in [5.74, 6) is 0.469. The second-order valence-electron chi connectivity index (χ2n) is 9.52. The summed E-state index contributed by atoms with van der Waals surface area (Å²) in [5.41, 5.74) is 4.17. The van der Waals surface area contributed by atoms with Gasteiger partial charge in [0.25, 0.3) is 11.5 Å². The van der Waals surface area contributed by atoms with Crippen LogP contribution in [0.1, 0.15) is 34.5 Å². The van der Waals surface area contributed by atoms with E-state index in [0.717, 1.165) is 53.7 Å². The summed E-state index contributed by atoms with van der Waals surface area (Å²) in [6, 6.07) is 15.2. The lowest BCUT2D eigenvalue weighted by molar-refractivity contribution is 0.0939. The monoisotopic (exact) mass is 470 g/mol. The summed E-state index contributed by atoms with van der Waals surface area (Å²) in [7, 11) is 2.14. The molecule has 1 N–H and O–H groups in total. The van der Waals surface area contributed by atoms with Crippen molar-refractivity contribution >= 4 is 16.7 Å². The first kappa shape index (κ1) is 23.1. The van der Waals surface area contributed by atoms with Crippen LogP contribution in [0.4, 0.5) is 0 Å². The largest absolute Gasteiger partial charge is 0.364 e. The molecule has 0 aliphatic carbocycles. The molecule has 5 rings (SSSR count). The van der Waals surface area contributed by atoms with Gasteiger partial charge in [-0.25, -0.2) is 0 Å². The van der Waals surface area contributed by atoms with E-state index >= 15 is 0 Å². The molecule has 7 heteroatoms. The molecule has 7 nitrogen and oxygen atoms in total. The van der Waals surface area contributed by atoms with Gasteiger partial charge in [0.2, 0.25) is 0 Å². The second kappa shape index (κ2) is 9.88. The third-order valence-corrected chi connectivity index (χ3v) is 6.97. The molecule has 1 saturated heterocycles. The van der Waals surface area contributed by atoms with Crippen molar-refractivity contribution in [2.45, 2.75) is 26.3 Å². The second-order valence-corrected chi connectivity index (χ2v) is 9.52. The van der Waals surface area contributed by atoms with Gasteiger partial charge in [-0.05, 0) is 92.7 Å². The van der Waals surface area contributed by atoms with Crippen molar-refractivity contribution in [3.63, 3.8) is 0 Å². The number of fused-ring (bicyclic) bond motifs is 1. The predicted molar refractivity (Wildman–Crippen MR) is 137 cm³/mol. The normalized spacial score (nSPS) is 14.9. The maximum Gasteiger partial charge on any atom is 0.258 e. The molecule has 1 fully saturated rings. The lowest BCUT2D eigenvalue weighted by atomic mass is 9.97. The standard InChI is InChI=1S/C28H30N4O3/c1-19-26(18-35-30-19)22-6-7-25-23(15-22)10-13-32(28(25)34)17-21-4-3-5-24(14-21)27(33)29-16-20-8-11-31(2)12-9-20/h3-7,10,13-15,18,20H,8-9,11-12,16-17H2,1-2H3,(H,29,33). The molecule has 1 aliphatic rings. The number of rotatable bonds is 6. The number of likely N-dealkylation sites (tertiary alicyclic amines) is 1. The Labute approximate surface area is 204 Å². The van der Waals surface area contributed by atoms with Crippen LogP contribution in [0.3, 0.4) is 0 Å². The van der Waals surface area contributed by atoms with Crippen LogP contribution in [0, 0.1) is 12.8 Å². The Balaban J connectivity index is 1.30. The van der Waals surface area contributed by atoms with E-state index in [1.165, 1.54) is 0 Å². The molecule has 1 aliphatic heterocycles. The minimum Gasteiger partial charge on any atom is -0.364 e. The Morgan fingerprint density at radius 2 is 1.97 bits per heavy atom. The molecule has 4 aromatic rings. The summed E-state index contributed by atoms with van der Waals surface area (Å²) in [4.78, 5) is 28.2. The topological polar surface area (TPSA) is 80.4 Å². The van der Waals surface area contributed by atoms with E-state index in [-0.39, 0.29) is 11.5 Å². The predicted octanol–water partition coefficient (Wildman–Crippen LogP) is 4.08. The first-order valence-electron chi connectivity index (χ1n) is 12.1. The molecular weight excluding hydrogens is 440 g/mol. The van der Waals surface area contributed by atoms with Crippen molar-refractivity contribution in [3.05, 3.63) is 88.2 Å². The van der Waals surface area contributed by atoms with E-state index < -0.39 is 0 Å². The van der Waals surface area contributed by atoms with Crippen LogP contribution in [0.25, 0.3) is 21.9 Å². The molecule has 3 heterocycles. The van der Waals surface area contributed by atoms with Crippen LogP contribution in [0.2, 0.25) is 0 Å². The van der Waals surface area contributed by atoms with Gasteiger partial charge in [0.15, 0.2) is 0 Å². The maximum atomic E-state index is 13.2. The van der Waals surface area contributed by atoms with Crippen molar-refractivity contribution in [2.24, 2.45) is 5.92 Å². The van der Waals surface area contributed by atoms with Crippen LogP contribution in [0.5, 0.6) is 0 Å². The van der Waals surface area contributed by atoms with Crippen LogP contribution in [-0.2, 0) is 6.54 Å². The molecule has 1 amide bonds. The van der Waals surface area contributed by atoms with Gasteiger partial charge in [-0.1, -0.05) is 23.4 Å². The van der Waals surface area contributed by atoms with E-state index in [0.29, 0.717) is 30.0 Å². The highest BCUT2D eigenvalue weighted by molar-refractivity contribution is 5.94. The number of aryl methyl sites for hydroxylation is 1. The average molecular weight is 471 g/mol. The Kier molecular flexibility index (Phi) is 6.51. The number of amides is 1. The smallest absolute Gasteiger partial charge is 0.258 e. The molecule has 180 valence electrons. The Morgan fingerprint density at radius 1 is 1.14 bits per heavy atom. The SMILES string of the molecule is Cc1nocc1-c1ccc2c(=O)n(Cc3cccc(C(=O)NCC4CCN(C)CC4)c3)ccc2c1. The summed E-state index contributed by atoms with van der Waals surface area (Å²) in [5, 5.41) is 8.55. The Bertz CT molecular complexity index is 1410. The molecule has 0 radical (unpaired) electrons. The number of hydrogen-bond acceptors (Lipinski definition) is 5. The van der Waals surface area contributed by atoms with E-state index in [4.69, 9.17) is 4.52 Å². The Morgan fingerprint density at radius 3 is 2.74 bits per heavy atom. The molecule has 0 spiro atoms. The quantitative estimate of drug-likeness (QED) is 0.459. The van der Waals surface area contributed by atoms with Crippen LogP contribution < -0.4 is 10.9 Å². The van der Waals surface area contributed by atoms with Gasteiger partial charge in [-0.15, -0.1) is 0 Å². The van der Waals surface area contributed by atoms with Gasteiger partial charge in [-0.2, -0.15) is 0 Å². The first-order chi connectivity index (χ1) is 17.0. The zero-order chi connectivity index (χ0) is 24.4. The molecule has 2 aromatic heterocycles. The van der Waals surface area contributed by atoms with Crippen LogP contribution >= 0.6 is 0 Å². The lowest BCUT2D eigenvalue weighted by Crippen LogP contribution is -2.36. The minimum atomic E-state index is -0.0619. The van der Waals surface area contributed by atoms with Crippen molar-refractivity contribution in [1.29, 1.82) is 0 Å². The van der Waals surface area contributed by atoms with E-state index in [1.807, 2.05) is 61.7 Å². The van der Waals surface area contributed by atoms with Gasteiger partial charge in [0, 0.05) is 29.3 Å². The number of benzene rings is 2. The summed E-state index contributed by atoms with van der Waals surface area (Å²) in [6.45, 7) is 5.16. The summed E-state index contributed by atoms with van der Waals surface area (Å²) in [6.07, 6.45) is 5.65. The zero-order valence-corrected chi connectivity index (χ0v) is 20.2. The number of aromatic nitrogens is 2. The number of carbonyl (C=O) groups is 1. The lowest BCUT2D eigenvalue weighted by Gasteiger charge is -2.28. The van der Waals surface area contributed by atoms with Crippen molar-refractivity contribution in [2.75, 3.05) is 26.7 Å². The number of carbonyl (C=O) groups excluding carboxylic acids is 1. The van der Waals surface area contributed by atoms with Crippen molar-refractivity contribution < 1.29 is 9.32 Å². The summed E-state index contributed by atoms with van der Waals surface area (Å²) >= 11 is 0. The molecular formula is C28H30N4O3. The Hall–Kier alpha value is -3.71. The molecule has 0 bridgehead atoms. The number of pyridine rings is 1. The molecule has 0 saturated carbocycles. The minimum absolute atomic E-state index is 0.0618. The molecule has 0 atom stereocenters. The fourth-order valence-corrected chi connectivity index (χ4v) is 4.76. The first-order valence-corrected chi connectivity index (χ1v) is 12.1.